The maximum Gasteiger partial charge on any atom is 0.239 e. The van der Waals surface area contributed by atoms with Crippen molar-refractivity contribution >= 4 is 5.91 Å². The molecule has 0 aliphatic heterocycles. The molecule has 0 radical (unpaired) electrons. The summed E-state index contributed by atoms with van der Waals surface area (Å²) >= 11 is 0. The molecule has 0 spiro atoms. The molecule has 0 unspecified atom stereocenters. The molecule has 4 nitrogen and oxygen atoms in total. The van der Waals surface area contributed by atoms with Gasteiger partial charge in [-0.05, 0) is 37.5 Å². The Labute approximate surface area is 108 Å². The van der Waals surface area contributed by atoms with Crippen molar-refractivity contribution in [1.29, 1.82) is 0 Å². The van der Waals surface area contributed by atoms with E-state index in [1.54, 1.807) is 14.0 Å². The maximum absolute atomic E-state index is 12.0. The summed E-state index contributed by atoms with van der Waals surface area (Å²) in [5, 5.41) is 0. The average Bonchev–Trinajstić information content (AvgIpc) is 3.20. The zero-order valence-electron chi connectivity index (χ0n) is 10.9. The molecule has 1 aliphatic carbocycles. The van der Waals surface area contributed by atoms with Crippen molar-refractivity contribution in [3.05, 3.63) is 29.8 Å². The number of ether oxygens (including phenoxy) is 1. The van der Waals surface area contributed by atoms with Crippen molar-refractivity contribution in [2.75, 3.05) is 7.11 Å². The molecule has 0 aromatic heterocycles. The highest BCUT2D eigenvalue weighted by molar-refractivity contribution is 5.81. The summed E-state index contributed by atoms with van der Waals surface area (Å²) < 4.78 is 5.12. The Hall–Kier alpha value is -1.55. The molecule has 0 saturated heterocycles. The van der Waals surface area contributed by atoms with E-state index in [1.165, 1.54) is 0 Å². The molecule has 1 atom stereocenters. The Morgan fingerprint density at radius 3 is 2.50 bits per heavy atom. The summed E-state index contributed by atoms with van der Waals surface area (Å²) in [6, 6.07) is 7.76. The number of hydrogen-bond acceptors (Lipinski definition) is 3. The van der Waals surface area contributed by atoms with Crippen molar-refractivity contribution in [3.8, 4) is 5.75 Å². The zero-order chi connectivity index (χ0) is 13.1. The van der Waals surface area contributed by atoms with E-state index in [2.05, 4.69) is 0 Å². The lowest BCUT2D eigenvalue weighted by Gasteiger charge is -2.24. The first-order valence-corrected chi connectivity index (χ1v) is 6.31. The molecular weight excluding hydrogens is 228 g/mol. The molecule has 2 N–H and O–H groups in total. The highest BCUT2D eigenvalue weighted by Gasteiger charge is 2.33. The van der Waals surface area contributed by atoms with Gasteiger partial charge in [-0.2, -0.15) is 0 Å². The number of nitrogens with two attached hydrogens (primary N) is 1. The van der Waals surface area contributed by atoms with Gasteiger partial charge in [0.15, 0.2) is 0 Å². The smallest absolute Gasteiger partial charge is 0.239 e. The van der Waals surface area contributed by atoms with Crippen LogP contribution in [0.1, 0.15) is 25.3 Å². The standard InChI is InChI=1S/C14H20N2O2/c1-10(15)14(17)16(12-5-6-12)9-11-3-7-13(18-2)8-4-11/h3-4,7-8,10,12H,5-6,9,15H2,1-2H3/t10-/m0/s1. The van der Waals surface area contributed by atoms with Crippen LogP contribution in [0.2, 0.25) is 0 Å². The minimum atomic E-state index is -0.427. The number of rotatable bonds is 5. The second-order valence-corrected chi connectivity index (χ2v) is 4.83. The topological polar surface area (TPSA) is 55.6 Å². The van der Waals surface area contributed by atoms with Crippen LogP contribution in [0.15, 0.2) is 24.3 Å². The average molecular weight is 248 g/mol. The van der Waals surface area contributed by atoms with Gasteiger partial charge in [0, 0.05) is 12.6 Å². The second-order valence-electron chi connectivity index (χ2n) is 4.83. The normalized spacial score (nSPS) is 16.2. The van der Waals surface area contributed by atoms with Crippen molar-refractivity contribution in [2.45, 2.75) is 38.4 Å². The van der Waals surface area contributed by atoms with Crippen molar-refractivity contribution in [1.82, 2.24) is 4.90 Å². The number of methoxy groups -OCH3 is 1. The van der Waals surface area contributed by atoms with Crippen LogP contribution in [-0.4, -0.2) is 30.0 Å². The number of carbonyl (C=O) groups is 1. The van der Waals surface area contributed by atoms with E-state index in [9.17, 15) is 4.79 Å². The van der Waals surface area contributed by atoms with Gasteiger partial charge in [0.2, 0.25) is 5.91 Å². The first kappa shape index (κ1) is 12.9. The second kappa shape index (κ2) is 5.40. The Bertz CT molecular complexity index is 410. The largest absolute Gasteiger partial charge is 0.497 e. The van der Waals surface area contributed by atoms with Crippen molar-refractivity contribution in [3.63, 3.8) is 0 Å². The lowest BCUT2D eigenvalue weighted by molar-refractivity contribution is -0.133. The van der Waals surface area contributed by atoms with E-state index >= 15 is 0 Å². The molecule has 1 saturated carbocycles. The fourth-order valence-corrected chi connectivity index (χ4v) is 1.96. The number of carbonyl (C=O) groups excluding carboxylic acids is 1. The van der Waals surface area contributed by atoms with E-state index in [4.69, 9.17) is 10.5 Å². The van der Waals surface area contributed by atoms with Gasteiger partial charge in [0.05, 0.1) is 13.2 Å². The fourth-order valence-electron chi connectivity index (χ4n) is 1.96. The van der Waals surface area contributed by atoms with E-state index in [1.807, 2.05) is 29.2 Å². The van der Waals surface area contributed by atoms with Crippen LogP contribution in [-0.2, 0) is 11.3 Å². The maximum atomic E-state index is 12.0. The van der Waals surface area contributed by atoms with Crippen LogP contribution in [0.4, 0.5) is 0 Å². The summed E-state index contributed by atoms with van der Waals surface area (Å²) in [6.45, 7) is 2.38. The first-order valence-electron chi connectivity index (χ1n) is 6.31. The molecule has 1 fully saturated rings. The van der Waals surface area contributed by atoms with Gasteiger partial charge in [-0.3, -0.25) is 4.79 Å². The van der Waals surface area contributed by atoms with Crippen molar-refractivity contribution in [2.24, 2.45) is 5.73 Å². The van der Waals surface area contributed by atoms with Crippen LogP contribution in [0.5, 0.6) is 5.75 Å². The summed E-state index contributed by atoms with van der Waals surface area (Å²) in [7, 11) is 1.64. The van der Waals surface area contributed by atoms with E-state index < -0.39 is 6.04 Å². The zero-order valence-corrected chi connectivity index (χ0v) is 10.9. The summed E-state index contributed by atoms with van der Waals surface area (Å²) in [6.07, 6.45) is 2.18. The monoisotopic (exact) mass is 248 g/mol. The fraction of sp³-hybridized carbons (Fsp3) is 0.500. The molecule has 0 bridgehead atoms. The van der Waals surface area contributed by atoms with E-state index in [0.29, 0.717) is 12.6 Å². The number of benzene rings is 1. The Kier molecular flexibility index (Phi) is 3.87. The molecule has 98 valence electrons. The number of amides is 1. The minimum Gasteiger partial charge on any atom is -0.497 e. The van der Waals surface area contributed by atoms with Gasteiger partial charge in [0.1, 0.15) is 5.75 Å². The Morgan fingerprint density at radius 2 is 2.06 bits per heavy atom. The molecule has 1 aromatic carbocycles. The van der Waals surface area contributed by atoms with Gasteiger partial charge in [0.25, 0.3) is 0 Å². The molecule has 1 aliphatic rings. The molecule has 18 heavy (non-hydrogen) atoms. The highest BCUT2D eigenvalue weighted by atomic mass is 16.5. The molecule has 2 rings (SSSR count). The third-order valence-electron chi connectivity index (χ3n) is 3.17. The third kappa shape index (κ3) is 3.01. The molecular formula is C14H20N2O2. The van der Waals surface area contributed by atoms with Gasteiger partial charge in [-0.25, -0.2) is 0 Å². The first-order chi connectivity index (χ1) is 8.61. The quantitative estimate of drug-likeness (QED) is 0.859. The number of hydrogen-bond donors (Lipinski definition) is 1. The summed E-state index contributed by atoms with van der Waals surface area (Å²) in [5.41, 5.74) is 6.80. The predicted octanol–water partition coefficient (Wildman–Crippen LogP) is 1.53. The predicted molar refractivity (Wildman–Crippen MR) is 70.2 cm³/mol. The third-order valence-corrected chi connectivity index (χ3v) is 3.17. The van der Waals surface area contributed by atoms with Crippen LogP contribution in [0.25, 0.3) is 0 Å². The van der Waals surface area contributed by atoms with Gasteiger partial charge >= 0.3 is 0 Å². The molecule has 0 heterocycles. The minimum absolute atomic E-state index is 0.0355. The van der Waals surface area contributed by atoms with Crippen molar-refractivity contribution < 1.29 is 9.53 Å². The Morgan fingerprint density at radius 1 is 1.44 bits per heavy atom. The summed E-state index contributed by atoms with van der Waals surface area (Å²) in [4.78, 5) is 13.9. The van der Waals surface area contributed by atoms with E-state index in [0.717, 1.165) is 24.2 Å². The lowest BCUT2D eigenvalue weighted by Crippen LogP contribution is -2.42. The highest BCUT2D eigenvalue weighted by Crippen LogP contribution is 2.29. The molecule has 1 amide bonds. The Balaban J connectivity index is 2.06. The molecule has 1 aromatic rings. The van der Waals surface area contributed by atoms with Crippen LogP contribution in [0, 0.1) is 0 Å². The van der Waals surface area contributed by atoms with Crippen LogP contribution >= 0.6 is 0 Å². The van der Waals surface area contributed by atoms with Gasteiger partial charge in [-0.15, -0.1) is 0 Å². The summed E-state index contributed by atoms with van der Waals surface area (Å²) in [5.74, 6) is 0.864. The van der Waals surface area contributed by atoms with Gasteiger partial charge in [-0.1, -0.05) is 12.1 Å². The van der Waals surface area contributed by atoms with Gasteiger partial charge < -0.3 is 15.4 Å². The number of nitrogens with zero attached hydrogens (tertiary/aromatic N) is 1. The molecule has 4 heteroatoms. The van der Waals surface area contributed by atoms with Crippen LogP contribution < -0.4 is 10.5 Å². The van der Waals surface area contributed by atoms with E-state index in [-0.39, 0.29) is 5.91 Å². The lowest BCUT2D eigenvalue weighted by atomic mass is 10.2. The van der Waals surface area contributed by atoms with Crippen LogP contribution in [0.3, 0.4) is 0 Å². The SMILES string of the molecule is COc1ccc(CN(C(=O)[C@H](C)N)C2CC2)cc1.